The molecule has 1 aliphatic heterocycles. The molecule has 0 bridgehead atoms. The second kappa shape index (κ2) is 7.24. The zero-order valence-corrected chi connectivity index (χ0v) is 12.7. The van der Waals surface area contributed by atoms with Crippen LogP contribution in [0.5, 0.6) is 5.75 Å². The van der Waals surface area contributed by atoms with E-state index in [1.807, 2.05) is 6.92 Å². The van der Waals surface area contributed by atoms with Crippen LogP contribution in [0.2, 0.25) is 0 Å². The van der Waals surface area contributed by atoms with Crippen LogP contribution in [0.25, 0.3) is 0 Å². The van der Waals surface area contributed by atoms with Gasteiger partial charge in [-0.1, -0.05) is 6.07 Å². The summed E-state index contributed by atoms with van der Waals surface area (Å²) in [6.45, 7) is 5.65. The van der Waals surface area contributed by atoms with E-state index < -0.39 is 11.8 Å². The van der Waals surface area contributed by atoms with Gasteiger partial charge in [-0.3, -0.25) is 14.5 Å². The Balaban J connectivity index is 1.91. The highest BCUT2D eigenvalue weighted by atomic mass is 16.3. The number of hydrogen-bond donors (Lipinski definition) is 3. The average molecular weight is 306 g/mol. The van der Waals surface area contributed by atoms with Gasteiger partial charge in [0.1, 0.15) is 5.75 Å². The third-order valence-corrected chi connectivity index (χ3v) is 3.70. The maximum atomic E-state index is 12.1. The number of amides is 2. The number of phenolic OH excluding ortho intramolecular Hbond substituents is 1. The quantitative estimate of drug-likeness (QED) is 0.528. The molecule has 120 valence electrons. The fourth-order valence-corrected chi connectivity index (χ4v) is 2.42. The van der Waals surface area contributed by atoms with Crippen LogP contribution in [-0.4, -0.2) is 66.0 Å². The number of aryl methyl sites for hydroxylation is 1. The van der Waals surface area contributed by atoms with E-state index in [1.165, 1.54) is 11.0 Å². The van der Waals surface area contributed by atoms with E-state index in [9.17, 15) is 14.7 Å². The molecule has 4 N–H and O–H groups in total. The number of nitrogens with zero attached hydrogens (tertiary/aromatic N) is 2. The van der Waals surface area contributed by atoms with Gasteiger partial charge in [-0.15, -0.1) is 0 Å². The summed E-state index contributed by atoms with van der Waals surface area (Å²) in [6, 6.07) is 4.87. The molecule has 1 saturated heterocycles. The van der Waals surface area contributed by atoms with Crippen LogP contribution in [0.3, 0.4) is 0 Å². The molecule has 1 fully saturated rings. The molecule has 7 heteroatoms. The summed E-state index contributed by atoms with van der Waals surface area (Å²) in [6.07, 6.45) is 0. The lowest BCUT2D eigenvalue weighted by atomic mass is 10.2. The van der Waals surface area contributed by atoms with Crippen molar-refractivity contribution in [3.05, 3.63) is 23.8 Å². The minimum Gasteiger partial charge on any atom is -0.506 e. The minimum atomic E-state index is -0.730. The minimum absolute atomic E-state index is 0.0473. The maximum absolute atomic E-state index is 12.1. The smallest absolute Gasteiger partial charge is 0.314 e. The van der Waals surface area contributed by atoms with Gasteiger partial charge in [0, 0.05) is 39.3 Å². The SMILES string of the molecule is Cc1ccc(NC(=O)C(=O)N2CCN(CCN)CC2)c(O)c1. The predicted molar refractivity (Wildman–Crippen MR) is 83.5 cm³/mol. The summed E-state index contributed by atoms with van der Waals surface area (Å²) in [5.41, 5.74) is 6.62. The van der Waals surface area contributed by atoms with E-state index in [-0.39, 0.29) is 11.4 Å². The van der Waals surface area contributed by atoms with Gasteiger partial charge in [-0.05, 0) is 24.6 Å². The second-order valence-corrected chi connectivity index (χ2v) is 5.40. The fourth-order valence-electron chi connectivity index (χ4n) is 2.42. The van der Waals surface area contributed by atoms with Gasteiger partial charge in [0.2, 0.25) is 0 Å². The van der Waals surface area contributed by atoms with E-state index in [4.69, 9.17) is 5.73 Å². The number of rotatable bonds is 3. The Morgan fingerprint density at radius 2 is 1.95 bits per heavy atom. The predicted octanol–water partition coefficient (Wildman–Crippen LogP) is -0.258. The number of nitrogens with one attached hydrogen (secondary N) is 1. The lowest BCUT2D eigenvalue weighted by Crippen LogP contribution is -2.52. The molecular formula is C15H22N4O3. The highest BCUT2D eigenvalue weighted by Crippen LogP contribution is 2.23. The maximum Gasteiger partial charge on any atom is 0.314 e. The average Bonchev–Trinajstić information content (AvgIpc) is 2.50. The van der Waals surface area contributed by atoms with Gasteiger partial charge in [0.05, 0.1) is 5.69 Å². The first-order valence-corrected chi connectivity index (χ1v) is 7.33. The Morgan fingerprint density at radius 1 is 1.27 bits per heavy atom. The van der Waals surface area contributed by atoms with E-state index >= 15 is 0 Å². The zero-order valence-electron chi connectivity index (χ0n) is 12.7. The Morgan fingerprint density at radius 3 is 2.55 bits per heavy atom. The van der Waals surface area contributed by atoms with E-state index in [0.29, 0.717) is 32.7 Å². The van der Waals surface area contributed by atoms with Crippen LogP contribution in [0.4, 0.5) is 5.69 Å². The summed E-state index contributed by atoms with van der Waals surface area (Å²) >= 11 is 0. The summed E-state index contributed by atoms with van der Waals surface area (Å²) < 4.78 is 0. The van der Waals surface area contributed by atoms with Crippen molar-refractivity contribution < 1.29 is 14.7 Å². The summed E-state index contributed by atoms with van der Waals surface area (Å²) in [5, 5.41) is 12.2. The topological polar surface area (TPSA) is 98.9 Å². The number of hydrogen-bond acceptors (Lipinski definition) is 5. The molecule has 2 rings (SSSR count). The van der Waals surface area contributed by atoms with Gasteiger partial charge < -0.3 is 21.1 Å². The van der Waals surface area contributed by atoms with Crippen molar-refractivity contribution >= 4 is 17.5 Å². The fraction of sp³-hybridized carbons (Fsp3) is 0.467. The number of piperazine rings is 1. The third kappa shape index (κ3) is 3.96. The normalized spacial score (nSPS) is 15.6. The van der Waals surface area contributed by atoms with Crippen LogP contribution in [0, 0.1) is 6.92 Å². The van der Waals surface area contributed by atoms with Crippen molar-refractivity contribution in [2.24, 2.45) is 5.73 Å². The van der Waals surface area contributed by atoms with Gasteiger partial charge in [-0.25, -0.2) is 0 Å². The molecule has 0 saturated carbocycles. The number of carbonyl (C=O) groups is 2. The van der Waals surface area contributed by atoms with Gasteiger partial charge >= 0.3 is 11.8 Å². The number of carbonyl (C=O) groups excluding carboxylic acids is 2. The van der Waals surface area contributed by atoms with Crippen LogP contribution in [0.1, 0.15) is 5.56 Å². The van der Waals surface area contributed by atoms with Crippen molar-refractivity contribution in [3.63, 3.8) is 0 Å². The molecule has 0 atom stereocenters. The molecule has 0 spiro atoms. The van der Waals surface area contributed by atoms with Gasteiger partial charge in [-0.2, -0.15) is 0 Å². The Labute approximate surface area is 129 Å². The molecule has 0 radical (unpaired) electrons. The van der Waals surface area contributed by atoms with Crippen molar-refractivity contribution in [3.8, 4) is 5.75 Å². The number of anilines is 1. The highest BCUT2D eigenvalue weighted by Gasteiger charge is 2.26. The number of benzene rings is 1. The highest BCUT2D eigenvalue weighted by molar-refractivity contribution is 6.39. The van der Waals surface area contributed by atoms with Crippen LogP contribution in [0.15, 0.2) is 18.2 Å². The van der Waals surface area contributed by atoms with Crippen LogP contribution >= 0.6 is 0 Å². The van der Waals surface area contributed by atoms with E-state index in [1.54, 1.807) is 12.1 Å². The standard InChI is InChI=1S/C15H22N4O3/c1-11-2-3-12(13(20)10-11)17-14(21)15(22)19-8-6-18(5-4-16)7-9-19/h2-3,10,20H,4-9,16H2,1H3,(H,17,21). The first-order valence-electron chi connectivity index (χ1n) is 7.33. The molecule has 0 unspecified atom stereocenters. The van der Waals surface area contributed by atoms with E-state index in [2.05, 4.69) is 10.2 Å². The van der Waals surface area contributed by atoms with Gasteiger partial charge in [0.25, 0.3) is 0 Å². The van der Waals surface area contributed by atoms with E-state index in [0.717, 1.165) is 12.1 Å². The molecule has 1 aromatic rings. The summed E-state index contributed by atoms with van der Waals surface area (Å²) in [7, 11) is 0. The third-order valence-electron chi connectivity index (χ3n) is 3.70. The molecule has 1 heterocycles. The molecule has 1 aromatic carbocycles. The monoisotopic (exact) mass is 306 g/mol. The molecule has 2 amide bonds. The lowest BCUT2D eigenvalue weighted by Gasteiger charge is -2.34. The lowest BCUT2D eigenvalue weighted by molar-refractivity contribution is -0.144. The number of nitrogens with two attached hydrogens (primary N) is 1. The Hall–Kier alpha value is -2.12. The van der Waals surface area contributed by atoms with Crippen molar-refractivity contribution in [1.82, 2.24) is 9.80 Å². The van der Waals surface area contributed by atoms with Crippen molar-refractivity contribution in [1.29, 1.82) is 0 Å². The van der Waals surface area contributed by atoms with Crippen molar-refractivity contribution in [2.45, 2.75) is 6.92 Å². The summed E-state index contributed by atoms with van der Waals surface area (Å²) in [5.74, 6) is -1.35. The molecule has 0 aromatic heterocycles. The Bertz CT molecular complexity index is 554. The molecule has 1 aliphatic rings. The van der Waals surface area contributed by atoms with Gasteiger partial charge in [0.15, 0.2) is 0 Å². The second-order valence-electron chi connectivity index (χ2n) is 5.40. The molecular weight excluding hydrogens is 284 g/mol. The molecule has 0 aliphatic carbocycles. The zero-order chi connectivity index (χ0) is 16.1. The number of phenols is 1. The molecule has 22 heavy (non-hydrogen) atoms. The number of aromatic hydroxyl groups is 1. The van der Waals surface area contributed by atoms with Crippen LogP contribution in [-0.2, 0) is 9.59 Å². The largest absolute Gasteiger partial charge is 0.506 e. The Kier molecular flexibility index (Phi) is 5.35. The first-order chi connectivity index (χ1) is 10.5. The van der Waals surface area contributed by atoms with Crippen LogP contribution < -0.4 is 11.1 Å². The molecule has 7 nitrogen and oxygen atoms in total. The summed E-state index contributed by atoms with van der Waals surface area (Å²) in [4.78, 5) is 27.8. The van der Waals surface area contributed by atoms with Crippen molar-refractivity contribution in [2.75, 3.05) is 44.6 Å². The first kappa shape index (κ1) is 16.3.